The highest BCUT2D eigenvalue weighted by molar-refractivity contribution is 7.15. The number of fused-ring (bicyclic) bond motifs is 2. The molecule has 0 bridgehead atoms. The summed E-state index contributed by atoms with van der Waals surface area (Å²) in [4.78, 5) is 27.1. The normalized spacial score (nSPS) is 18.2. The second kappa shape index (κ2) is 7.80. The average Bonchev–Trinajstić information content (AvgIpc) is 3.51. The number of carboxylic acids is 1. The first-order chi connectivity index (χ1) is 15.0. The fraction of sp³-hybridized carbons (Fsp3) is 0.417. The highest BCUT2D eigenvalue weighted by atomic mass is 32.1. The summed E-state index contributed by atoms with van der Waals surface area (Å²) in [5.74, 6) is 0.106. The van der Waals surface area contributed by atoms with Gasteiger partial charge in [0.15, 0.2) is 5.75 Å². The molecule has 3 N–H and O–H groups in total. The van der Waals surface area contributed by atoms with Gasteiger partial charge in [-0.1, -0.05) is 0 Å². The van der Waals surface area contributed by atoms with Gasteiger partial charge in [0, 0.05) is 27.6 Å². The van der Waals surface area contributed by atoms with Gasteiger partial charge in [-0.25, -0.2) is 4.79 Å². The van der Waals surface area contributed by atoms with Crippen LogP contribution in [-0.4, -0.2) is 29.3 Å². The van der Waals surface area contributed by atoms with Crippen LogP contribution < -0.4 is 15.9 Å². The Balaban J connectivity index is 1.68. The predicted octanol–water partition coefficient (Wildman–Crippen LogP) is 4.23. The number of nitrogens with zero attached hydrogens (tertiary/aromatic N) is 1. The molecule has 0 amide bonds. The summed E-state index contributed by atoms with van der Waals surface area (Å²) in [6.07, 6.45) is 7.82. The van der Waals surface area contributed by atoms with Gasteiger partial charge in [0.1, 0.15) is 5.56 Å². The van der Waals surface area contributed by atoms with E-state index < -0.39 is 11.4 Å². The number of benzene rings is 1. The summed E-state index contributed by atoms with van der Waals surface area (Å²) >= 11 is 1.80. The lowest BCUT2D eigenvalue weighted by Crippen LogP contribution is -2.19. The maximum Gasteiger partial charge on any atom is 0.341 e. The number of aromatic carboxylic acids is 1. The van der Waals surface area contributed by atoms with Gasteiger partial charge in [0.05, 0.1) is 18.0 Å². The zero-order valence-electron chi connectivity index (χ0n) is 17.5. The molecule has 1 atom stereocenters. The zero-order chi connectivity index (χ0) is 21.7. The molecule has 0 spiro atoms. The van der Waals surface area contributed by atoms with Crippen LogP contribution >= 0.6 is 11.3 Å². The van der Waals surface area contributed by atoms with Crippen molar-refractivity contribution in [3.63, 3.8) is 0 Å². The Hall–Kier alpha value is -2.64. The van der Waals surface area contributed by atoms with E-state index >= 15 is 0 Å². The van der Waals surface area contributed by atoms with Crippen molar-refractivity contribution in [1.82, 2.24) is 4.57 Å². The van der Waals surface area contributed by atoms with Gasteiger partial charge < -0.3 is 20.1 Å². The molecule has 0 saturated heterocycles. The minimum Gasteiger partial charge on any atom is -0.494 e. The van der Waals surface area contributed by atoms with E-state index in [1.165, 1.54) is 23.1 Å². The number of hydrogen-bond acceptors (Lipinski definition) is 5. The average molecular weight is 439 g/mol. The molecule has 5 rings (SSSR count). The minimum absolute atomic E-state index is 0.188. The fourth-order valence-corrected chi connectivity index (χ4v) is 6.15. The van der Waals surface area contributed by atoms with E-state index in [0.29, 0.717) is 22.6 Å². The molecule has 2 heterocycles. The van der Waals surface area contributed by atoms with E-state index in [2.05, 4.69) is 6.07 Å². The quantitative estimate of drug-likeness (QED) is 0.601. The molecular formula is C24H26N2O4S. The Labute approximate surface area is 184 Å². The second-order valence-electron chi connectivity index (χ2n) is 8.60. The number of ether oxygens (including phenoxy) is 1. The number of methoxy groups -OCH3 is 1. The molecule has 1 fully saturated rings. The predicted molar refractivity (Wildman–Crippen MR) is 122 cm³/mol. The number of nitrogens with two attached hydrogens (primary N) is 1. The van der Waals surface area contributed by atoms with Crippen molar-refractivity contribution in [2.24, 2.45) is 11.7 Å². The number of thiophene rings is 1. The van der Waals surface area contributed by atoms with E-state index in [4.69, 9.17) is 10.5 Å². The Bertz CT molecular complexity index is 1240. The van der Waals surface area contributed by atoms with Gasteiger partial charge >= 0.3 is 5.97 Å². The van der Waals surface area contributed by atoms with Crippen LogP contribution in [0, 0.1) is 5.92 Å². The Morgan fingerprint density at radius 2 is 2.13 bits per heavy atom. The molecule has 1 saturated carbocycles. The molecule has 162 valence electrons. The third-order valence-corrected chi connectivity index (χ3v) is 7.79. The van der Waals surface area contributed by atoms with Gasteiger partial charge in [-0.05, 0) is 74.8 Å². The first kappa shape index (κ1) is 20.3. The summed E-state index contributed by atoms with van der Waals surface area (Å²) in [5, 5.41) is 9.91. The van der Waals surface area contributed by atoms with Crippen LogP contribution in [0.15, 0.2) is 29.2 Å². The van der Waals surface area contributed by atoms with Gasteiger partial charge in [-0.15, -0.1) is 11.3 Å². The topological polar surface area (TPSA) is 94.6 Å². The molecule has 7 heteroatoms. The first-order valence-electron chi connectivity index (χ1n) is 10.8. The van der Waals surface area contributed by atoms with Crippen molar-refractivity contribution in [3.05, 3.63) is 50.6 Å². The molecule has 1 unspecified atom stereocenters. The molecule has 3 aromatic rings. The van der Waals surface area contributed by atoms with Crippen molar-refractivity contribution in [1.29, 1.82) is 0 Å². The summed E-state index contributed by atoms with van der Waals surface area (Å²) < 4.78 is 7.80. The van der Waals surface area contributed by atoms with Crippen LogP contribution in [0.2, 0.25) is 0 Å². The highest BCUT2D eigenvalue weighted by Gasteiger charge is 2.30. The summed E-state index contributed by atoms with van der Waals surface area (Å²) in [7, 11) is 1.62. The van der Waals surface area contributed by atoms with Crippen LogP contribution in [0.1, 0.15) is 52.5 Å². The van der Waals surface area contributed by atoms with Gasteiger partial charge in [-0.2, -0.15) is 0 Å². The minimum atomic E-state index is -1.19. The third kappa shape index (κ3) is 3.46. The SMILES string of the molecule is COc1c(-c2cc3c(s2)CC(CCN)CC3)ccc2c(=O)c(C(=O)O)cn(C3CC3)c12. The maximum absolute atomic E-state index is 12.9. The Morgan fingerprint density at radius 3 is 2.81 bits per heavy atom. The molecule has 31 heavy (non-hydrogen) atoms. The lowest BCUT2D eigenvalue weighted by molar-refractivity contribution is 0.0695. The van der Waals surface area contributed by atoms with E-state index in [-0.39, 0.29) is 11.6 Å². The molecule has 2 aliphatic carbocycles. The van der Waals surface area contributed by atoms with Crippen LogP contribution in [0.3, 0.4) is 0 Å². The van der Waals surface area contributed by atoms with Gasteiger partial charge in [0.25, 0.3) is 0 Å². The molecule has 6 nitrogen and oxygen atoms in total. The van der Waals surface area contributed by atoms with Crippen LogP contribution in [0.25, 0.3) is 21.3 Å². The number of carboxylic acid groups (broad SMARTS) is 1. The van der Waals surface area contributed by atoms with Crippen molar-refractivity contribution < 1.29 is 14.6 Å². The fourth-order valence-electron chi connectivity index (χ4n) is 4.80. The number of pyridine rings is 1. The standard InChI is InChI=1S/C24H26N2O4S/c1-30-23-16(20-11-14-3-2-13(8-9-25)10-19(14)31-20)6-7-17-21(23)26(15-4-5-15)12-18(22(17)27)24(28)29/h6-7,11-13,15H,2-5,8-10,25H2,1H3,(H,28,29). The molecular weight excluding hydrogens is 412 g/mol. The molecule has 2 aromatic heterocycles. The summed E-state index contributed by atoms with van der Waals surface area (Å²) in [6, 6.07) is 6.13. The second-order valence-corrected chi connectivity index (χ2v) is 9.74. The lowest BCUT2D eigenvalue weighted by Gasteiger charge is -2.20. The van der Waals surface area contributed by atoms with Crippen LogP contribution in [0.5, 0.6) is 5.75 Å². The third-order valence-electron chi connectivity index (χ3n) is 6.55. The van der Waals surface area contributed by atoms with Crippen molar-refractivity contribution in [2.75, 3.05) is 13.7 Å². The van der Waals surface area contributed by atoms with E-state index in [1.807, 2.05) is 10.6 Å². The maximum atomic E-state index is 12.9. The van der Waals surface area contributed by atoms with Crippen LogP contribution in [0.4, 0.5) is 0 Å². The van der Waals surface area contributed by atoms with E-state index in [1.54, 1.807) is 24.5 Å². The smallest absolute Gasteiger partial charge is 0.341 e. The van der Waals surface area contributed by atoms with Crippen molar-refractivity contribution in [2.45, 2.75) is 44.6 Å². The summed E-state index contributed by atoms with van der Waals surface area (Å²) in [5.41, 5.74) is 8.18. The molecule has 0 radical (unpaired) electrons. The monoisotopic (exact) mass is 438 g/mol. The number of carbonyl (C=O) groups is 1. The van der Waals surface area contributed by atoms with E-state index in [9.17, 15) is 14.7 Å². The molecule has 0 aliphatic heterocycles. The largest absolute Gasteiger partial charge is 0.494 e. The van der Waals surface area contributed by atoms with Crippen molar-refractivity contribution in [3.8, 4) is 16.2 Å². The highest BCUT2D eigenvalue weighted by Crippen LogP contribution is 2.45. The van der Waals surface area contributed by atoms with Crippen molar-refractivity contribution >= 4 is 28.2 Å². The van der Waals surface area contributed by atoms with Gasteiger partial charge in [0.2, 0.25) is 5.43 Å². The number of aryl methyl sites for hydroxylation is 1. The molecule has 1 aromatic carbocycles. The van der Waals surface area contributed by atoms with Gasteiger partial charge in [-0.3, -0.25) is 4.79 Å². The Morgan fingerprint density at radius 1 is 1.32 bits per heavy atom. The van der Waals surface area contributed by atoms with Crippen LogP contribution in [-0.2, 0) is 12.8 Å². The lowest BCUT2D eigenvalue weighted by atomic mass is 9.87. The van der Waals surface area contributed by atoms with E-state index in [0.717, 1.165) is 49.1 Å². The molecule has 2 aliphatic rings. The Kier molecular flexibility index (Phi) is 5.10. The number of rotatable bonds is 6. The summed E-state index contributed by atoms with van der Waals surface area (Å²) in [6.45, 7) is 0.730. The zero-order valence-corrected chi connectivity index (χ0v) is 18.3. The first-order valence-corrected chi connectivity index (χ1v) is 11.6. The number of hydrogen-bond donors (Lipinski definition) is 2. The number of aromatic nitrogens is 1.